The lowest BCUT2D eigenvalue weighted by molar-refractivity contribution is -0.0311. The van der Waals surface area contributed by atoms with Crippen molar-refractivity contribution in [1.29, 1.82) is 0 Å². The van der Waals surface area contributed by atoms with Gasteiger partial charge in [0.2, 0.25) is 0 Å². The number of carbonyl (C=O) groups is 2. The highest BCUT2D eigenvalue weighted by Gasteiger charge is 2.37. The molecule has 3 aliphatic rings. The summed E-state index contributed by atoms with van der Waals surface area (Å²) in [7, 11) is 3.07. The van der Waals surface area contributed by atoms with Crippen molar-refractivity contribution in [2.75, 3.05) is 38.8 Å². The molecule has 2 atom stereocenters. The quantitative estimate of drug-likeness (QED) is 0.151. The highest BCUT2D eigenvalue weighted by atomic mass is 35.5. The molecule has 0 aliphatic carbocycles. The van der Waals surface area contributed by atoms with Crippen molar-refractivity contribution in [3.63, 3.8) is 0 Å². The number of piperidine rings is 3. The molecule has 1 aromatic heterocycles. The lowest BCUT2D eigenvalue weighted by atomic mass is 9.86. The molecule has 262 valence electrons. The molecule has 0 spiro atoms. The van der Waals surface area contributed by atoms with E-state index in [1.54, 1.807) is 72.7 Å². The number of amides is 1. The summed E-state index contributed by atoms with van der Waals surface area (Å²) in [5.74, 6) is 0.797. The Hall–Kier alpha value is -4.35. The first-order valence-corrected chi connectivity index (χ1v) is 17.2. The van der Waals surface area contributed by atoms with Gasteiger partial charge in [0.05, 0.1) is 43.0 Å². The number of ether oxygens (including phenoxy) is 4. The van der Waals surface area contributed by atoms with Crippen LogP contribution in [0.1, 0.15) is 51.6 Å². The van der Waals surface area contributed by atoms with E-state index in [0.29, 0.717) is 55.4 Å². The minimum Gasteiger partial charge on any atom is -0.493 e. The summed E-state index contributed by atoms with van der Waals surface area (Å²) in [6.45, 7) is 2.85. The number of aromatic nitrogens is 1. The summed E-state index contributed by atoms with van der Waals surface area (Å²) in [6, 6.07) is 19.4. The van der Waals surface area contributed by atoms with Gasteiger partial charge in [0.25, 0.3) is 0 Å². The molecule has 1 amide bonds. The van der Waals surface area contributed by atoms with E-state index in [1.807, 2.05) is 6.07 Å². The van der Waals surface area contributed by atoms with Gasteiger partial charge in [-0.2, -0.15) is 0 Å². The molecule has 0 radical (unpaired) electrons. The molecule has 0 unspecified atom stereocenters. The number of pyridine rings is 1. The number of aliphatic hydroxyl groups excluding tert-OH is 1. The maximum Gasteiger partial charge on any atom is 0.414 e. The number of rotatable bonds is 12. The van der Waals surface area contributed by atoms with E-state index in [1.165, 1.54) is 19.5 Å². The predicted molar refractivity (Wildman–Crippen MR) is 190 cm³/mol. The Balaban J connectivity index is 1.22. The fraction of sp³-hybridized carbons (Fsp3) is 0.342. The van der Waals surface area contributed by atoms with Crippen molar-refractivity contribution >= 4 is 41.0 Å². The van der Waals surface area contributed by atoms with Gasteiger partial charge in [-0.3, -0.25) is 14.8 Å². The molecule has 3 fully saturated rings. The number of fused-ring (bicyclic) bond motifs is 3. The molecular formula is C38H39Cl2N3O7. The van der Waals surface area contributed by atoms with Crippen LogP contribution in [0.5, 0.6) is 11.5 Å². The molecule has 3 saturated heterocycles. The van der Waals surface area contributed by atoms with Gasteiger partial charge >= 0.3 is 12.1 Å². The molecular weight excluding hydrogens is 681 g/mol. The van der Waals surface area contributed by atoms with E-state index in [9.17, 15) is 14.7 Å². The van der Waals surface area contributed by atoms with Gasteiger partial charge in [-0.15, -0.1) is 0 Å². The lowest BCUT2D eigenvalue weighted by Crippen LogP contribution is -2.53. The standard InChI is InChI=1S/C38H39Cl2N3O7/c1-47-33-11-10-28(17-35(33)48-2)34(18-30-31(39)19-41-20-32(30)40)49-37(45)27-8-6-24(7-9-27)21-43(29-5-3-4-25(16-29)23-44)38(46)50-36-22-42-14-12-26(36)13-15-42/h3-11,16-17,19-20,26,34,36,44H,12-15,18,21-23H2,1-2H3/t34-,36-/m0/s1. The fourth-order valence-corrected chi connectivity index (χ4v) is 7.07. The van der Waals surface area contributed by atoms with Crippen molar-refractivity contribution < 1.29 is 33.6 Å². The van der Waals surface area contributed by atoms with Crippen LogP contribution in [0.4, 0.5) is 10.5 Å². The number of esters is 1. The normalized spacial score (nSPS) is 18.6. The number of hydrogen-bond acceptors (Lipinski definition) is 9. The second kappa shape index (κ2) is 16.1. The monoisotopic (exact) mass is 719 g/mol. The molecule has 12 heteroatoms. The zero-order valence-corrected chi connectivity index (χ0v) is 29.4. The van der Waals surface area contributed by atoms with Crippen LogP contribution in [0.2, 0.25) is 10.0 Å². The second-order valence-electron chi connectivity index (χ2n) is 12.5. The number of benzene rings is 3. The number of halogens is 2. The third-order valence-corrected chi connectivity index (χ3v) is 10.0. The largest absolute Gasteiger partial charge is 0.493 e. The van der Waals surface area contributed by atoms with E-state index in [0.717, 1.165) is 38.0 Å². The smallest absolute Gasteiger partial charge is 0.414 e. The Labute approximate surface area is 301 Å². The average molecular weight is 721 g/mol. The van der Waals surface area contributed by atoms with Gasteiger partial charge in [-0.1, -0.05) is 53.5 Å². The number of hydrogen-bond donors (Lipinski definition) is 1. The van der Waals surface area contributed by atoms with Crippen molar-refractivity contribution in [2.24, 2.45) is 5.92 Å². The SMILES string of the molecule is COc1ccc([C@H](Cc2c(Cl)cncc2Cl)OC(=O)c2ccc(CN(C(=O)O[C@H]3CN4CCC3CC4)c3cccc(CO)c3)cc2)cc1OC. The van der Waals surface area contributed by atoms with E-state index in [2.05, 4.69) is 9.88 Å². The van der Waals surface area contributed by atoms with Gasteiger partial charge in [0.15, 0.2) is 11.5 Å². The summed E-state index contributed by atoms with van der Waals surface area (Å²) in [6.07, 6.45) is 3.81. The van der Waals surface area contributed by atoms with Crippen LogP contribution >= 0.6 is 23.2 Å². The van der Waals surface area contributed by atoms with Gasteiger partial charge in [0, 0.05) is 31.0 Å². The van der Waals surface area contributed by atoms with E-state index >= 15 is 0 Å². The molecule has 1 N–H and O–H groups in total. The van der Waals surface area contributed by atoms with E-state index < -0.39 is 18.2 Å². The Kier molecular flexibility index (Phi) is 11.4. The zero-order valence-electron chi connectivity index (χ0n) is 27.9. The van der Waals surface area contributed by atoms with Crippen LogP contribution < -0.4 is 14.4 Å². The molecule has 7 rings (SSSR count). The summed E-state index contributed by atoms with van der Waals surface area (Å²) in [5, 5.41) is 10.5. The van der Waals surface area contributed by atoms with Gasteiger partial charge in [-0.05, 0) is 90.5 Å². The Morgan fingerprint density at radius 1 is 0.940 bits per heavy atom. The Morgan fingerprint density at radius 3 is 2.30 bits per heavy atom. The molecule has 4 aromatic rings. The van der Waals surface area contributed by atoms with Crippen LogP contribution in [-0.2, 0) is 29.0 Å². The number of methoxy groups -OCH3 is 2. The van der Waals surface area contributed by atoms with Gasteiger partial charge in [0.1, 0.15) is 12.2 Å². The number of aliphatic hydroxyl groups is 1. The first kappa shape index (κ1) is 35.5. The van der Waals surface area contributed by atoms with Crippen LogP contribution in [0, 0.1) is 5.92 Å². The van der Waals surface area contributed by atoms with Crippen LogP contribution in [0.15, 0.2) is 79.1 Å². The average Bonchev–Trinajstić information content (AvgIpc) is 3.15. The highest BCUT2D eigenvalue weighted by Crippen LogP contribution is 2.36. The van der Waals surface area contributed by atoms with Gasteiger partial charge in [-0.25, -0.2) is 9.59 Å². The maximum absolute atomic E-state index is 13.7. The third-order valence-electron chi connectivity index (χ3n) is 9.37. The van der Waals surface area contributed by atoms with Crippen LogP contribution in [-0.4, -0.2) is 67.0 Å². The minimum atomic E-state index is -0.783. The van der Waals surface area contributed by atoms with Crippen molar-refractivity contribution in [2.45, 2.75) is 44.6 Å². The lowest BCUT2D eigenvalue weighted by Gasteiger charge is -2.44. The van der Waals surface area contributed by atoms with Crippen LogP contribution in [0.25, 0.3) is 0 Å². The topological polar surface area (TPSA) is 111 Å². The van der Waals surface area contributed by atoms with Gasteiger partial charge < -0.3 is 24.1 Å². The van der Waals surface area contributed by atoms with Crippen molar-refractivity contribution in [3.05, 3.63) is 117 Å². The summed E-state index contributed by atoms with van der Waals surface area (Å²) < 4.78 is 23.1. The number of carbonyl (C=O) groups excluding carboxylic acids is 2. The second-order valence-corrected chi connectivity index (χ2v) is 13.3. The molecule has 4 heterocycles. The fourth-order valence-electron chi connectivity index (χ4n) is 6.55. The third kappa shape index (κ3) is 8.16. The highest BCUT2D eigenvalue weighted by molar-refractivity contribution is 6.35. The summed E-state index contributed by atoms with van der Waals surface area (Å²) in [5.41, 5.74) is 3.61. The van der Waals surface area contributed by atoms with Crippen molar-refractivity contribution in [3.8, 4) is 11.5 Å². The number of anilines is 1. The molecule has 50 heavy (non-hydrogen) atoms. The predicted octanol–water partition coefficient (Wildman–Crippen LogP) is 7.28. The zero-order chi connectivity index (χ0) is 35.2. The van der Waals surface area contributed by atoms with E-state index in [-0.39, 0.29) is 25.7 Å². The maximum atomic E-state index is 13.7. The molecule has 3 aliphatic heterocycles. The molecule has 3 aromatic carbocycles. The molecule has 2 bridgehead atoms. The molecule has 0 saturated carbocycles. The summed E-state index contributed by atoms with van der Waals surface area (Å²) in [4.78, 5) is 35.3. The first-order valence-electron chi connectivity index (χ1n) is 16.5. The van der Waals surface area contributed by atoms with Crippen LogP contribution in [0.3, 0.4) is 0 Å². The first-order chi connectivity index (χ1) is 24.3. The van der Waals surface area contributed by atoms with E-state index in [4.69, 9.17) is 42.1 Å². The number of nitrogens with zero attached hydrogens (tertiary/aromatic N) is 3. The summed E-state index contributed by atoms with van der Waals surface area (Å²) >= 11 is 12.9. The molecule has 10 nitrogen and oxygen atoms in total. The van der Waals surface area contributed by atoms with Crippen molar-refractivity contribution in [1.82, 2.24) is 9.88 Å². The Morgan fingerprint density at radius 2 is 1.66 bits per heavy atom. The minimum absolute atomic E-state index is 0.156. The Bertz CT molecular complexity index is 1790.